The molecule has 1 aromatic rings. The lowest BCUT2D eigenvalue weighted by Crippen LogP contribution is -2.41. The largest absolute Gasteiger partial charge is 0.353 e. The smallest absolute Gasteiger partial charge is 0.321 e. The summed E-state index contributed by atoms with van der Waals surface area (Å²) in [6.07, 6.45) is 6.42. The Bertz CT molecular complexity index is 725. The topological polar surface area (TPSA) is 76.7 Å². The third kappa shape index (κ3) is 5.85. The summed E-state index contributed by atoms with van der Waals surface area (Å²) in [5, 5.41) is 5.53. The molecule has 4 atom stereocenters. The molecule has 8 heteroatoms. The van der Waals surface area contributed by atoms with Gasteiger partial charge >= 0.3 is 6.03 Å². The first-order valence-electron chi connectivity index (χ1n) is 10.2. The van der Waals surface area contributed by atoms with Crippen LogP contribution in [-0.2, 0) is 14.3 Å². The number of benzene rings is 1. The fraction of sp³-hybridized carbons (Fsp3) is 0.619. The number of urea groups is 1. The highest BCUT2D eigenvalue weighted by molar-refractivity contribution is 6.42. The Kier molecular flexibility index (Phi) is 8.18. The second-order valence-corrected chi connectivity index (χ2v) is 8.45. The van der Waals surface area contributed by atoms with Gasteiger partial charge in [-0.1, -0.05) is 41.8 Å². The van der Waals surface area contributed by atoms with Crippen molar-refractivity contribution in [1.82, 2.24) is 10.6 Å². The van der Waals surface area contributed by atoms with Gasteiger partial charge in [0.15, 0.2) is 6.29 Å². The fourth-order valence-electron chi connectivity index (χ4n) is 4.19. The molecule has 2 aliphatic rings. The summed E-state index contributed by atoms with van der Waals surface area (Å²) < 4.78 is 12.0. The summed E-state index contributed by atoms with van der Waals surface area (Å²) in [6, 6.07) is 4.69. The maximum atomic E-state index is 12.9. The van der Waals surface area contributed by atoms with Gasteiger partial charge in [-0.25, -0.2) is 4.79 Å². The summed E-state index contributed by atoms with van der Waals surface area (Å²) in [5.74, 6) is -0.816. The molecule has 0 radical (unpaired) electrons. The SMILES string of the molecule is CNC(=O)NC(=O)C(CC1CCCC1OC1CCCCO1)c1cccc(Cl)c1Cl. The number of rotatable bonds is 6. The minimum atomic E-state index is -0.597. The Hall–Kier alpha value is -1.34. The third-order valence-electron chi connectivity index (χ3n) is 5.73. The van der Waals surface area contributed by atoms with Gasteiger partial charge in [0.1, 0.15) is 0 Å². The molecule has 2 fully saturated rings. The highest BCUT2D eigenvalue weighted by Crippen LogP contribution is 2.40. The van der Waals surface area contributed by atoms with E-state index in [0.29, 0.717) is 22.0 Å². The van der Waals surface area contributed by atoms with Gasteiger partial charge in [-0.05, 0) is 56.1 Å². The first-order valence-corrected chi connectivity index (χ1v) is 11.0. The molecular weight excluding hydrogens is 415 g/mol. The van der Waals surface area contributed by atoms with E-state index in [-0.39, 0.29) is 18.3 Å². The number of nitrogens with one attached hydrogen (secondary N) is 2. The number of carbonyl (C=O) groups excluding carboxylic acids is 2. The molecule has 160 valence electrons. The van der Waals surface area contributed by atoms with E-state index in [4.69, 9.17) is 32.7 Å². The molecule has 1 aliphatic heterocycles. The summed E-state index contributed by atoms with van der Waals surface area (Å²) in [4.78, 5) is 24.7. The zero-order valence-corrected chi connectivity index (χ0v) is 18.1. The van der Waals surface area contributed by atoms with Gasteiger partial charge in [-0.2, -0.15) is 0 Å². The van der Waals surface area contributed by atoms with Crippen molar-refractivity contribution in [3.05, 3.63) is 33.8 Å². The summed E-state index contributed by atoms with van der Waals surface area (Å²) in [6.45, 7) is 0.733. The molecule has 1 saturated heterocycles. The van der Waals surface area contributed by atoms with Crippen molar-refractivity contribution < 1.29 is 19.1 Å². The molecule has 1 aromatic carbocycles. The maximum absolute atomic E-state index is 12.9. The van der Waals surface area contributed by atoms with Gasteiger partial charge in [0, 0.05) is 13.7 Å². The van der Waals surface area contributed by atoms with Crippen molar-refractivity contribution >= 4 is 35.1 Å². The van der Waals surface area contributed by atoms with Crippen LogP contribution in [0.2, 0.25) is 10.0 Å². The van der Waals surface area contributed by atoms with Crippen LogP contribution in [-0.4, -0.2) is 38.0 Å². The van der Waals surface area contributed by atoms with Gasteiger partial charge in [0.2, 0.25) is 5.91 Å². The number of amides is 3. The van der Waals surface area contributed by atoms with E-state index in [0.717, 1.165) is 45.1 Å². The molecule has 6 nitrogen and oxygen atoms in total. The average Bonchev–Trinajstić information content (AvgIpc) is 3.15. The van der Waals surface area contributed by atoms with Crippen molar-refractivity contribution in [2.75, 3.05) is 13.7 Å². The number of ether oxygens (including phenoxy) is 2. The zero-order chi connectivity index (χ0) is 20.8. The first-order chi connectivity index (χ1) is 14.0. The predicted octanol–water partition coefficient (Wildman–Crippen LogP) is 4.63. The second-order valence-electron chi connectivity index (χ2n) is 7.66. The van der Waals surface area contributed by atoms with Gasteiger partial charge in [-0.15, -0.1) is 0 Å². The van der Waals surface area contributed by atoms with Crippen LogP contribution >= 0.6 is 23.2 Å². The quantitative estimate of drug-likeness (QED) is 0.672. The molecule has 3 amide bonds. The number of imide groups is 1. The number of halogens is 2. The van der Waals surface area contributed by atoms with Gasteiger partial charge < -0.3 is 14.8 Å². The minimum absolute atomic E-state index is 0.0337. The predicted molar refractivity (Wildman–Crippen MR) is 112 cm³/mol. The van der Waals surface area contributed by atoms with Crippen LogP contribution in [0.25, 0.3) is 0 Å². The Labute approximate surface area is 181 Å². The lowest BCUT2D eigenvalue weighted by molar-refractivity contribution is -0.194. The summed E-state index contributed by atoms with van der Waals surface area (Å²) >= 11 is 12.6. The maximum Gasteiger partial charge on any atom is 0.321 e. The minimum Gasteiger partial charge on any atom is -0.353 e. The lowest BCUT2D eigenvalue weighted by atomic mass is 9.86. The molecular formula is C21H28Cl2N2O4. The van der Waals surface area contributed by atoms with Crippen LogP contribution in [0.4, 0.5) is 4.79 Å². The first kappa shape index (κ1) is 22.3. The molecule has 3 rings (SSSR count). The van der Waals surface area contributed by atoms with Gasteiger partial charge in [0.25, 0.3) is 0 Å². The second kappa shape index (κ2) is 10.6. The Morgan fingerprint density at radius 1 is 1.21 bits per heavy atom. The summed E-state index contributed by atoms with van der Waals surface area (Å²) in [5.41, 5.74) is 0.625. The van der Waals surface area contributed by atoms with E-state index in [1.54, 1.807) is 18.2 Å². The van der Waals surface area contributed by atoms with Crippen LogP contribution in [0.1, 0.15) is 56.4 Å². The molecule has 0 aromatic heterocycles. The van der Waals surface area contributed by atoms with E-state index in [1.807, 2.05) is 0 Å². The number of hydrogen-bond donors (Lipinski definition) is 2. The molecule has 29 heavy (non-hydrogen) atoms. The normalized spacial score (nSPS) is 25.4. The Balaban J connectivity index is 1.77. The molecule has 2 N–H and O–H groups in total. The summed E-state index contributed by atoms with van der Waals surface area (Å²) in [7, 11) is 1.47. The average molecular weight is 443 g/mol. The monoisotopic (exact) mass is 442 g/mol. The lowest BCUT2D eigenvalue weighted by Gasteiger charge is -2.30. The van der Waals surface area contributed by atoms with Gasteiger partial charge in [0.05, 0.1) is 22.1 Å². The van der Waals surface area contributed by atoms with Crippen LogP contribution < -0.4 is 10.6 Å². The molecule has 1 heterocycles. The zero-order valence-electron chi connectivity index (χ0n) is 16.6. The fourth-order valence-corrected chi connectivity index (χ4v) is 4.63. The third-order valence-corrected chi connectivity index (χ3v) is 6.56. The van der Waals surface area contributed by atoms with Crippen LogP contribution in [0.3, 0.4) is 0 Å². The van der Waals surface area contributed by atoms with Crippen LogP contribution in [0.5, 0.6) is 0 Å². The van der Waals surface area contributed by atoms with E-state index < -0.39 is 17.9 Å². The van der Waals surface area contributed by atoms with Crippen molar-refractivity contribution in [3.8, 4) is 0 Å². The molecule has 0 spiro atoms. The van der Waals surface area contributed by atoms with Crippen LogP contribution in [0, 0.1) is 5.92 Å². The van der Waals surface area contributed by atoms with Gasteiger partial charge in [-0.3, -0.25) is 10.1 Å². The molecule has 1 aliphatic carbocycles. The molecule has 1 saturated carbocycles. The van der Waals surface area contributed by atoms with Crippen molar-refractivity contribution in [2.24, 2.45) is 5.92 Å². The van der Waals surface area contributed by atoms with Crippen molar-refractivity contribution in [1.29, 1.82) is 0 Å². The van der Waals surface area contributed by atoms with E-state index in [9.17, 15) is 9.59 Å². The molecule has 0 bridgehead atoms. The highest BCUT2D eigenvalue weighted by atomic mass is 35.5. The van der Waals surface area contributed by atoms with E-state index in [2.05, 4.69) is 10.6 Å². The van der Waals surface area contributed by atoms with Crippen LogP contribution in [0.15, 0.2) is 18.2 Å². The number of hydrogen-bond acceptors (Lipinski definition) is 4. The Morgan fingerprint density at radius 3 is 2.76 bits per heavy atom. The van der Waals surface area contributed by atoms with E-state index in [1.165, 1.54) is 7.05 Å². The van der Waals surface area contributed by atoms with E-state index >= 15 is 0 Å². The number of carbonyl (C=O) groups is 2. The van der Waals surface area contributed by atoms with Crippen molar-refractivity contribution in [3.63, 3.8) is 0 Å². The van der Waals surface area contributed by atoms with Crippen molar-refractivity contribution in [2.45, 2.75) is 63.3 Å². The molecule has 4 unspecified atom stereocenters. The standard InChI is InChI=1S/C21H28Cl2N2O4/c1-24-21(27)25-20(26)15(14-7-5-8-16(22)19(14)23)12-13-6-4-9-17(13)29-18-10-2-3-11-28-18/h5,7-8,13,15,17-18H,2-4,6,9-12H2,1H3,(H2,24,25,26,27). The Morgan fingerprint density at radius 2 is 2.03 bits per heavy atom. The highest BCUT2D eigenvalue weighted by Gasteiger charge is 2.36.